The number of anilines is 1. The highest BCUT2D eigenvalue weighted by Gasteiger charge is 2.20. The van der Waals surface area contributed by atoms with Gasteiger partial charge in [0, 0.05) is 31.7 Å². The summed E-state index contributed by atoms with van der Waals surface area (Å²) in [7, 11) is 1.63. The van der Waals surface area contributed by atoms with Crippen molar-refractivity contribution in [2.75, 3.05) is 38.2 Å². The van der Waals surface area contributed by atoms with Gasteiger partial charge in [0.25, 0.3) is 0 Å². The lowest BCUT2D eigenvalue weighted by Crippen LogP contribution is -2.44. The maximum atomic E-state index is 5.26. The summed E-state index contributed by atoms with van der Waals surface area (Å²) in [5.41, 5.74) is 2.43. The second kappa shape index (κ2) is 6.70. The molecule has 0 bridgehead atoms. The van der Waals surface area contributed by atoms with Gasteiger partial charge in [-0.05, 0) is 12.8 Å². The van der Waals surface area contributed by atoms with Crippen LogP contribution in [0.5, 0.6) is 6.01 Å². The number of hydrogen-bond acceptors (Lipinski definition) is 5. The van der Waals surface area contributed by atoms with Crippen molar-refractivity contribution in [1.29, 1.82) is 0 Å². The first-order chi connectivity index (χ1) is 9.30. The van der Waals surface area contributed by atoms with Gasteiger partial charge >= 0.3 is 6.01 Å². The Balaban J connectivity index is 2.41. The van der Waals surface area contributed by atoms with Crippen molar-refractivity contribution < 1.29 is 4.74 Å². The van der Waals surface area contributed by atoms with Crippen molar-refractivity contribution in [1.82, 2.24) is 15.3 Å². The topological polar surface area (TPSA) is 50.3 Å². The van der Waals surface area contributed by atoms with Crippen molar-refractivity contribution in [3.8, 4) is 6.01 Å². The van der Waals surface area contributed by atoms with E-state index in [0.29, 0.717) is 6.01 Å². The van der Waals surface area contributed by atoms with Crippen molar-refractivity contribution in [2.45, 2.75) is 33.1 Å². The SMILES string of the molecule is CCCc1c(CC)nc(OC)nc1N1CCNCC1. The Morgan fingerprint density at radius 1 is 1.21 bits per heavy atom. The van der Waals surface area contributed by atoms with Crippen LogP contribution in [0.2, 0.25) is 0 Å². The molecular weight excluding hydrogens is 240 g/mol. The third-order valence-electron chi connectivity index (χ3n) is 3.48. The van der Waals surface area contributed by atoms with Crippen LogP contribution >= 0.6 is 0 Å². The summed E-state index contributed by atoms with van der Waals surface area (Å²) in [6, 6.07) is 0.491. The normalized spacial score (nSPS) is 15.6. The van der Waals surface area contributed by atoms with Gasteiger partial charge in [-0.25, -0.2) is 0 Å². The van der Waals surface area contributed by atoms with E-state index in [4.69, 9.17) is 4.74 Å². The summed E-state index contributed by atoms with van der Waals surface area (Å²) in [6.45, 7) is 8.37. The number of hydrogen-bond donors (Lipinski definition) is 1. The zero-order valence-corrected chi connectivity index (χ0v) is 12.2. The maximum Gasteiger partial charge on any atom is 0.318 e. The van der Waals surface area contributed by atoms with E-state index in [0.717, 1.165) is 57.0 Å². The van der Waals surface area contributed by atoms with Crippen LogP contribution in [-0.4, -0.2) is 43.3 Å². The van der Waals surface area contributed by atoms with E-state index in [9.17, 15) is 0 Å². The van der Waals surface area contributed by atoms with Crippen LogP contribution in [0.25, 0.3) is 0 Å². The lowest BCUT2D eigenvalue weighted by Gasteiger charge is -2.30. The molecular formula is C14H24N4O. The first kappa shape index (κ1) is 14.1. The Hall–Kier alpha value is -1.36. The number of piperazine rings is 1. The van der Waals surface area contributed by atoms with E-state index in [1.54, 1.807) is 7.11 Å². The molecule has 0 radical (unpaired) electrons. The molecule has 0 saturated carbocycles. The first-order valence-electron chi connectivity index (χ1n) is 7.19. The molecule has 19 heavy (non-hydrogen) atoms. The van der Waals surface area contributed by atoms with Crippen molar-refractivity contribution in [3.63, 3.8) is 0 Å². The number of rotatable bonds is 5. The molecule has 1 aromatic heterocycles. The molecule has 5 heteroatoms. The highest BCUT2D eigenvalue weighted by Crippen LogP contribution is 2.25. The number of nitrogens with zero attached hydrogens (tertiary/aromatic N) is 3. The van der Waals surface area contributed by atoms with Gasteiger partial charge in [0.05, 0.1) is 12.8 Å². The van der Waals surface area contributed by atoms with Crippen molar-refractivity contribution in [3.05, 3.63) is 11.3 Å². The quantitative estimate of drug-likeness (QED) is 0.871. The molecule has 0 aliphatic carbocycles. The summed E-state index contributed by atoms with van der Waals surface area (Å²) in [5, 5.41) is 3.38. The molecule has 1 saturated heterocycles. The predicted molar refractivity (Wildman–Crippen MR) is 77.0 cm³/mol. The van der Waals surface area contributed by atoms with Gasteiger partial charge in [-0.15, -0.1) is 0 Å². The molecule has 1 N–H and O–H groups in total. The largest absolute Gasteiger partial charge is 0.467 e. The average molecular weight is 264 g/mol. The van der Waals surface area contributed by atoms with Crippen LogP contribution in [0.3, 0.4) is 0 Å². The summed E-state index contributed by atoms with van der Waals surface area (Å²) in [6.07, 6.45) is 3.07. The molecule has 1 aromatic rings. The van der Waals surface area contributed by atoms with Gasteiger partial charge in [-0.1, -0.05) is 20.3 Å². The Labute approximate surface area is 115 Å². The number of aromatic nitrogens is 2. The van der Waals surface area contributed by atoms with Crippen molar-refractivity contribution in [2.24, 2.45) is 0 Å². The van der Waals surface area contributed by atoms with E-state index in [1.165, 1.54) is 5.56 Å². The number of nitrogens with one attached hydrogen (secondary N) is 1. The lowest BCUT2D eigenvalue weighted by atomic mass is 10.1. The fourth-order valence-electron chi connectivity index (χ4n) is 2.52. The smallest absolute Gasteiger partial charge is 0.318 e. The minimum Gasteiger partial charge on any atom is -0.467 e. The fraction of sp³-hybridized carbons (Fsp3) is 0.714. The monoisotopic (exact) mass is 264 g/mol. The van der Waals surface area contributed by atoms with Crippen LogP contribution in [0, 0.1) is 0 Å². The van der Waals surface area contributed by atoms with E-state index in [-0.39, 0.29) is 0 Å². The first-order valence-corrected chi connectivity index (χ1v) is 7.19. The standard InChI is InChI=1S/C14H24N4O/c1-4-6-11-12(5-2)16-14(19-3)17-13(11)18-9-7-15-8-10-18/h15H,4-10H2,1-3H3. The minimum absolute atomic E-state index is 0.491. The van der Waals surface area contributed by atoms with Gasteiger partial charge in [0.2, 0.25) is 0 Å². The van der Waals surface area contributed by atoms with Crippen molar-refractivity contribution >= 4 is 5.82 Å². The average Bonchev–Trinajstić information content (AvgIpc) is 2.48. The van der Waals surface area contributed by atoms with E-state index in [2.05, 4.69) is 34.0 Å². The number of methoxy groups -OCH3 is 1. The Morgan fingerprint density at radius 2 is 1.95 bits per heavy atom. The van der Waals surface area contributed by atoms with Gasteiger partial charge in [-0.3, -0.25) is 0 Å². The van der Waals surface area contributed by atoms with Gasteiger partial charge in [0.15, 0.2) is 0 Å². The molecule has 0 unspecified atom stereocenters. The molecule has 2 heterocycles. The summed E-state index contributed by atoms with van der Waals surface area (Å²) < 4.78 is 5.26. The summed E-state index contributed by atoms with van der Waals surface area (Å²) in [5.74, 6) is 1.08. The maximum absolute atomic E-state index is 5.26. The van der Waals surface area contributed by atoms with Crippen LogP contribution in [-0.2, 0) is 12.8 Å². The molecule has 0 amide bonds. The Morgan fingerprint density at radius 3 is 2.53 bits per heavy atom. The van der Waals surface area contributed by atoms with Gasteiger partial charge in [0.1, 0.15) is 5.82 Å². The number of ether oxygens (including phenoxy) is 1. The van der Waals surface area contributed by atoms with Gasteiger partial charge in [-0.2, -0.15) is 9.97 Å². The molecule has 2 rings (SSSR count). The third kappa shape index (κ3) is 3.15. The Kier molecular flexibility index (Phi) is 4.96. The molecule has 1 aliphatic rings. The number of aryl methyl sites for hydroxylation is 1. The highest BCUT2D eigenvalue weighted by atomic mass is 16.5. The molecule has 106 valence electrons. The second-order valence-electron chi connectivity index (χ2n) is 4.80. The zero-order valence-electron chi connectivity index (χ0n) is 12.2. The molecule has 0 spiro atoms. The summed E-state index contributed by atoms with van der Waals surface area (Å²) in [4.78, 5) is 11.5. The van der Waals surface area contributed by atoms with Gasteiger partial charge < -0.3 is 15.0 Å². The van der Waals surface area contributed by atoms with Crippen LogP contribution in [0.1, 0.15) is 31.5 Å². The van der Waals surface area contributed by atoms with E-state index in [1.807, 2.05) is 0 Å². The van der Waals surface area contributed by atoms with E-state index >= 15 is 0 Å². The lowest BCUT2D eigenvalue weighted by molar-refractivity contribution is 0.377. The molecule has 5 nitrogen and oxygen atoms in total. The van der Waals surface area contributed by atoms with E-state index < -0.39 is 0 Å². The van der Waals surface area contributed by atoms with Crippen LogP contribution in [0.4, 0.5) is 5.82 Å². The minimum atomic E-state index is 0.491. The molecule has 1 aliphatic heterocycles. The zero-order chi connectivity index (χ0) is 13.7. The predicted octanol–water partition coefficient (Wildman–Crippen LogP) is 1.41. The molecule has 0 atom stereocenters. The van der Waals surface area contributed by atoms with Crippen LogP contribution in [0.15, 0.2) is 0 Å². The fourth-order valence-corrected chi connectivity index (χ4v) is 2.52. The molecule has 1 fully saturated rings. The highest BCUT2D eigenvalue weighted by molar-refractivity contribution is 5.50. The Bertz CT molecular complexity index is 416. The molecule has 0 aromatic carbocycles. The third-order valence-corrected chi connectivity index (χ3v) is 3.48. The second-order valence-corrected chi connectivity index (χ2v) is 4.80. The van der Waals surface area contributed by atoms with Crippen LogP contribution < -0.4 is 15.0 Å². The summed E-state index contributed by atoms with van der Waals surface area (Å²) >= 11 is 0.